The minimum atomic E-state index is -0.0268. The van der Waals surface area contributed by atoms with Gasteiger partial charge in [0.15, 0.2) is 0 Å². The number of hydrazine groups is 1. The van der Waals surface area contributed by atoms with E-state index in [1.165, 1.54) is 9.75 Å². The highest BCUT2D eigenvalue weighted by molar-refractivity contribution is 7.12. The van der Waals surface area contributed by atoms with Gasteiger partial charge in [0, 0.05) is 29.0 Å². The molecule has 136 valence electrons. The molecule has 1 aromatic carbocycles. The Morgan fingerprint density at radius 1 is 1.27 bits per heavy atom. The van der Waals surface area contributed by atoms with E-state index >= 15 is 0 Å². The van der Waals surface area contributed by atoms with Gasteiger partial charge in [-0.2, -0.15) is 0 Å². The van der Waals surface area contributed by atoms with Crippen LogP contribution in [0.1, 0.15) is 40.9 Å². The average Bonchev–Trinajstić information content (AvgIpc) is 3.33. The Morgan fingerprint density at radius 2 is 2.15 bits per heavy atom. The summed E-state index contributed by atoms with van der Waals surface area (Å²) < 4.78 is 0. The number of benzene rings is 1. The van der Waals surface area contributed by atoms with E-state index in [9.17, 15) is 4.79 Å². The van der Waals surface area contributed by atoms with Crippen LogP contribution in [0.15, 0.2) is 36.4 Å². The van der Waals surface area contributed by atoms with Gasteiger partial charge >= 0.3 is 0 Å². The average molecular weight is 369 g/mol. The molecular formula is C19H23N5OS. The Kier molecular flexibility index (Phi) is 5.01. The summed E-state index contributed by atoms with van der Waals surface area (Å²) in [6, 6.07) is 12.5. The van der Waals surface area contributed by atoms with Crippen molar-refractivity contribution in [2.45, 2.75) is 44.8 Å². The molecule has 2 aromatic heterocycles. The third-order valence-electron chi connectivity index (χ3n) is 4.60. The molecule has 1 aliphatic heterocycles. The van der Waals surface area contributed by atoms with Gasteiger partial charge in [-0.15, -0.1) is 11.3 Å². The maximum absolute atomic E-state index is 12.2. The SMILES string of the molecule is Cc1ccc(C2CC(NC(=O)CCCc3nc4ccccc4[nH]3)NN2)s1. The second kappa shape index (κ2) is 7.57. The van der Waals surface area contributed by atoms with E-state index in [1.54, 1.807) is 11.3 Å². The number of aromatic amines is 1. The minimum absolute atomic E-state index is 0.0268. The van der Waals surface area contributed by atoms with Crippen LogP contribution in [0.25, 0.3) is 11.0 Å². The Morgan fingerprint density at radius 3 is 2.96 bits per heavy atom. The van der Waals surface area contributed by atoms with Crippen molar-refractivity contribution in [1.82, 2.24) is 26.1 Å². The topological polar surface area (TPSA) is 81.8 Å². The van der Waals surface area contributed by atoms with Gasteiger partial charge < -0.3 is 10.3 Å². The van der Waals surface area contributed by atoms with Crippen LogP contribution in [0.3, 0.4) is 0 Å². The fourth-order valence-electron chi connectivity index (χ4n) is 3.28. The summed E-state index contributed by atoms with van der Waals surface area (Å²) in [5.41, 5.74) is 8.47. The Labute approximate surface area is 156 Å². The quantitative estimate of drug-likeness (QED) is 0.538. The van der Waals surface area contributed by atoms with Crippen LogP contribution in [0.5, 0.6) is 0 Å². The predicted octanol–water partition coefficient (Wildman–Crippen LogP) is 2.94. The number of H-pyrrole nitrogens is 1. The number of carbonyl (C=O) groups is 1. The third kappa shape index (κ3) is 3.95. The van der Waals surface area contributed by atoms with Crippen molar-refractivity contribution in [1.29, 1.82) is 0 Å². The number of imidazole rings is 1. The number of fused-ring (bicyclic) bond motifs is 1. The largest absolute Gasteiger partial charge is 0.342 e. The fraction of sp³-hybridized carbons (Fsp3) is 0.368. The lowest BCUT2D eigenvalue weighted by Gasteiger charge is -2.11. The summed E-state index contributed by atoms with van der Waals surface area (Å²) in [7, 11) is 0. The predicted molar refractivity (Wildman–Crippen MR) is 104 cm³/mol. The third-order valence-corrected chi connectivity index (χ3v) is 5.71. The molecule has 7 heteroatoms. The van der Waals surface area contributed by atoms with Crippen molar-refractivity contribution in [3.8, 4) is 0 Å². The maximum Gasteiger partial charge on any atom is 0.221 e. The molecule has 0 aliphatic carbocycles. The molecule has 4 rings (SSSR count). The van der Waals surface area contributed by atoms with E-state index < -0.39 is 0 Å². The van der Waals surface area contributed by atoms with Crippen molar-refractivity contribution >= 4 is 28.3 Å². The number of nitrogens with zero attached hydrogens (tertiary/aromatic N) is 1. The van der Waals surface area contributed by atoms with Gasteiger partial charge in [0.25, 0.3) is 0 Å². The van der Waals surface area contributed by atoms with Gasteiger partial charge in [-0.3, -0.25) is 4.79 Å². The second-order valence-corrected chi connectivity index (χ2v) is 8.02. The number of rotatable bonds is 6. The first-order valence-electron chi connectivity index (χ1n) is 8.98. The molecule has 26 heavy (non-hydrogen) atoms. The summed E-state index contributed by atoms with van der Waals surface area (Å²) in [5.74, 6) is 1.01. The molecule has 0 saturated carbocycles. The van der Waals surface area contributed by atoms with E-state index in [2.05, 4.69) is 45.2 Å². The number of thiophene rings is 1. The summed E-state index contributed by atoms with van der Waals surface area (Å²) in [6.07, 6.45) is 2.88. The zero-order valence-electron chi connectivity index (χ0n) is 14.7. The standard InChI is InChI=1S/C19H23N5OS/c1-12-9-10-16(26-12)15-11-18(24-23-15)22-19(25)8-4-7-17-20-13-5-2-3-6-14(13)21-17/h2-3,5-6,9-10,15,18,23-24H,4,7-8,11H2,1H3,(H,20,21)(H,22,25). The van der Waals surface area contributed by atoms with Crippen molar-refractivity contribution < 1.29 is 4.79 Å². The van der Waals surface area contributed by atoms with Gasteiger partial charge in [-0.1, -0.05) is 12.1 Å². The van der Waals surface area contributed by atoms with E-state index in [0.29, 0.717) is 6.42 Å². The molecule has 0 radical (unpaired) electrons. The second-order valence-electron chi connectivity index (χ2n) is 6.70. The highest BCUT2D eigenvalue weighted by Crippen LogP contribution is 2.27. The van der Waals surface area contributed by atoms with Crippen molar-refractivity contribution in [3.63, 3.8) is 0 Å². The molecule has 1 amide bonds. The number of amides is 1. The number of aryl methyl sites for hydroxylation is 2. The van der Waals surface area contributed by atoms with Gasteiger partial charge in [-0.25, -0.2) is 15.8 Å². The van der Waals surface area contributed by atoms with Gasteiger partial charge in [0.05, 0.1) is 23.2 Å². The van der Waals surface area contributed by atoms with Crippen LogP contribution in [0.2, 0.25) is 0 Å². The number of para-hydroxylation sites is 2. The Hall–Kier alpha value is -2.22. The molecule has 1 aliphatic rings. The number of nitrogens with one attached hydrogen (secondary N) is 4. The molecule has 1 saturated heterocycles. The van der Waals surface area contributed by atoms with Crippen LogP contribution < -0.4 is 16.2 Å². The molecule has 0 spiro atoms. The van der Waals surface area contributed by atoms with Crippen molar-refractivity contribution in [3.05, 3.63) is 52.0 Å². The lowest BCUT2D eigenvalue weighted by molar-refractivity contribution is -0.122. The first-order valence-corrected chi connectivity index (χ1v) is 9.79. The van der Waals surface area contributed by atoms with Gasteiger partial charge in [-0.05, 0) is 37.6 Å². The molecule has 3 aromatic rings. The zero-order valence-corrected chi connectivity index (χ0v) is 15.5. The smallest absolute Gasteiger partial charge is 0.221 e. The molecule has 2 unspecified atom stereocenters. The van der Waals surface area contributed by atoms with E-state index in [-0.39, 0.29) is 18.1 Å². The first kappa shape index (κ1) is 17.2. The molecular weight excluding hydrogens is 346 g/mol. The summed E-state index contributed by atoms with van der Waals surface area (Å²) in [4.78, 5) is 22.7. The molecule has 1 fully saturated rings. The van der Waals surface area contributed by atoms with Crippen LogP contribution in [0, 0.1) is 6.92 Å². The van der Waals surface area contributed by atoms with E-state index in [0.717, 1.165) is 36.1 Å². The number of hydrogen-bond acceptors (Lipinski definition) is 5. The van der Waals surface area contributed by atoms with E-state index in [1.807, 2.05) is 24.3 Å². The number of aromatic nitrogens is 2. The monoisotopic (exact) mass is 369 g/mol. The zero-order chi connectivity index (χ0) is 17.9. The molecule has 2 atom stereocenters. The molecule has 6 nitrogen and oxygen atoms in total. The summed E-state index contributed by atoms with van der Waals surface area (Å²) in [5, 5.41) is 3.06. The normalized spacial score (nSPS) is 19.9. The van der Waals surface area contributed by atoms with Gasteiger partial charge in [0.1, 0.15) is 5.82 Å². The minimum Gasteiger partial charge on any atom is -0.342 e. The maximum atomic E-state index is 12.2. The van der Waals surface area contributed by atoms with Crippen LogP contribution in [-0.4, -0.2) is 22.0 Å². The first-order chi connectivity index (χ1) is 12.7. The van der Waals surface area contributed by atoms with Crippen LogP contribution in [0.4, 0.5) is 0 Å². The summed E-state index contributed by atoms with van der Waals surface area (Å²) >= 11 is 1.79. The van der Waals surface area contributed by atoms with E-state index in [4.69, 9.17) is 0 Å². The Bertz CT molecular complexity index is 869. The molecule has 4 N–H and O–H groups in total. The lowest BCUT2D eigenvalue weighted by atomic mass is 10.1. The number of carbonyl (C=O) groups excluding carboxylic acids is 1. The highest BCUT2D eigenvalue weighted by Gasteiger charge is 2.26. The molecule has 0 bridgehead atoms. The van der Waals surface area contributed by atoms with Gasteiger partial charge in [0.2, 0.25) is 5.91 Å². The summed E-state index contributed by atoms with van der Waals surface area (Å²) in [6.45, 7) is 2.11. The highest BCUT2D eigenvalue weighted by atomic mass is 32.1. The lowest BCUT2D eigenvalue weighted by Crippen LogP contribution is -2.44. The fourth-order valence-corrected chi connectivity index (χ4v) is 4.23. The van der Waals surface area contributed by atoms with Crippen molar-refractivity contribution in [2.24, 2.45) is 0 Å². The number of hydrogen-bond donors (Lipinski definition) is 4. The Balaban J connectivity index is 1.22. The van der Waals surface area contributed by atoms with Crippen molar-refractivity contribution in [2.75, 3.05) is 0 Å². The van der Waals surface area contributed by atoms with Crippen LogP contribution in [-0.2, 0) is 11.2 Å². The van der Waals surface area contributed by atoms with Crippen LogP contribution >= 0.6 is 11.3 Å². The molecule has 3 heterocycles.